The van der Waals surface area contributed by atoms with Gasteiger partial charge in [0.2, 0.25) is 10.0 Å². The summed E-state index contributed by atoms with van der Waals surface area (Å²) in [7, 11) is -4.24. The number of alkyl halides is 1. The Hall–Kier alpha value is -3.02. The number of aromatic nitrogens is 1. The van der Waals surface area contributed by atoms with Crippen molar-refractivity contribution in [1.29, 1.82) is 0 Å². The highest BCUT2D eigenvalue weighted by Gasteiger charge is 2.34. The highest BCUT2D eigenvalue weighted by Crippen LogP contribution is 2.32. The van der Waals surface area contributed by atoms with Crippen LogP contribution < -0.4 is 10.6 Å². The van der Waals surface area contributed by atoms with Crippen LogP contribution in [0.3, 0.4) is 0 Å². The first kappa shape index (κ1) is 24.7. The number of hydrogen-bond donors (Lipinski definition) is 2. The topological polar surface area (TPSA) is 91.4 Å². The summed E-state index contributed by atoms with van der Waals surface area (Å²) < 4.78 is 70.2. The Bertz CT molecular complexity index is 1440. The van der Waals surface area contributed by atoms with Gasteiger partial charge in [-0.2, -0.15) is 4.31 Å². The molecule has 2 aliphatic heterocycles. The molecule has 1 amide bonds. The quantitative estimate of drug-likeness (QED) is 0.541. The molecule has 36 heavy (non-hydrogen) atoms. The van der Waals surface area contributed by atoms with Gasteiger partial charge in [0.15, 0.2) is 0 Å². The third kappa shape index (κ3) is 4.58. The van der Waals surface area contributed by atoms with E-state index in [4.69, 9.17) is 0 Å². The van der Waals surface area contributed by atoms with Crippen molar-refractivity contribution in [2.24, 2.45) is 0 Å². The van der Waals surface area contributed by atoms with E-state index in [0.29, 0.717) is 28.6 Å². The molecule has 2 saturated heterocycles. The summed E-state index contributed by atoms with van der Waals surface area (Å²) in [4.78, 5) is 16.5. The molecule has 5 rings (SSSR count). The Morgan fingerprint density at radius 2 is 1.89 bits per heavy atom. The van der Waals surface area contributed by atoms with Gasteiger partial charge < -0.3 is 10.6 Å². The molecule has 2 N–H and O–H groups in total. The Balaban J connectivity index is 1.50. The summed E-state index contributed by atoms with van der Waals surface area (Å²) in [6, 6.07) is 7.99. The molecule has 1 aromatic heterocycles. The van der Waals surface area contributed by atoms with Crippen LogP contribution in [0.5, 0.6) is 0 Å². The van der Waals surface area contributed by atoms with Gasteiger partial charge in [0.1, 0.15) is 17.8 Å². The van der Waals surface area contributed by atoms with Crippen molar-refractivity contribution in [1.82, 2.24) is 19.9 Å². The van der Waals surface area contributed by atoms with E-state index in [2.05, 4.69) is 15.6 Å². The van der Waals surface area contributed by atoms with Crippen molar-refractivity contribution >= 4 is 26.8 Å². The van der Waals surface area contributed by atoms with Crippen LogP contribution in [0.1, 0.15) is 28.8 Å². The van der Waals surface area contributed by atoms with Crippen LogP contribution >= 0.6 is 0 Å². The largest absolute Gasteiger partial charge is 0.348 e. The SMILES string of the molecule is Cc1cc(-c2c(F)cc(S(=O)(=O)N3CC[C@H](F)C3)cc2F)nc2cc(C(=O)NC3CCNC3)ccc12. The van der Waals surface area contributed by atoms with E-state index in [-0.39, 0.29) is 37.2 Å². The summed E-state index contributed by atoms with van der Waals surface area (Å²) >= 11 is 0. The first-order valence-corrected chi connectivity index (χ1v) is 13.1. The zero-order valence-corrected chi connectivity index (χ0v) is 20.3. The maximum Gasteiger partial charge on any atom is 0.251 e. The van der Waals surface area contributed by atoms with Gasteiger partial charge in [-0.1, -0.05) is 6.07 Å². The molecule has 0 spiro atoms. The Morgan fingerprint density at radius 3 is 2.53 bits per heavy atom. The second-order valence-electron chi connectivity index (χ2n) is 9.23. The lowest BCUT2D eigenvalue weighted by Crippen LogP contribution is -2.36. The van der Waals surface area contributed by atoms with Crippen LogP contribution in [0.15, 0.2) is 41.3 Å². The van der Waals surface area contributed by atoms with Gasteiger partial charge in [-0.25, -0.2) is 26.6 Å². The molecular formula is C25H25F3N4O3S. The lowest BCUT2D eigenvalue weighted by Gasteiger charge is -2.17. The van der Waals surface area contributed by atoms with Crippen LogP contribution in [-0.4, -0.2) is 62.0 Å². The highest BCUT2D eigenvalue weighted by atomic mass is 32.2. The number of nitrogens with zero attached hydrogens (tertiary/aromatic N) is 2. The number of nitrogens with one attached hydrogen (secondary N) is 2. The molecule has 3 aromatic rings. The number of halogens is 3. The second-order valence-corrected chi connectivity index (χ2v) is 11.2. The van der Waals surface area contributed by atoms with Gasteiger partial charge in [-0.15, -0.1) is 0 Å². The molecular weight excluding hydrogens is 493 g/mol. The molecule has 0 radical (unpaired) electrons. The number of sulfonamides is 1. The number of carbonyl (C=O) groups is 1. The molecule has 0 bridgehead atoms. The summed E-state index contributed by atoms with van der Waals surface area (Å²) in [5.41, 5.74) is 0.932. The van der Waals surface area contributed by atoms with E-state index >= 15 is 8.78 Å². The molecule has 190 valence electrons. The monoisotopic (exact) mass is 518 g/mol. The summed E-state index contributed by atoms with van der Waals surface area (Å²) in [6.45, 7) is 2.89. The molecule has 2 aromatic carbocycles. The van der Waals surface area contributed by atoms with Gasteiger partial charge in [-0.3, -0.25) is 4.79 Å². The van der Waals surface area contributed by atoms with Crippen molar-refractivity contribution in [3.8, 4) is 11.3 Å². The van der Waals surface area contributed by atoms with Crippen molar-refractivity contribution < 1.29 is 26.4 Å². The van der Waals surface area contributed by atoms with Crippen LogP contribution in [0, 0.1) is 18.6 Å². The minimum atomic E-state index is -4.24. The van der Waals surface area contributed by atoms with Crippen LogP contribution in [0.4, 0.5) is 13.2 Å². The number of hydrogen-bond acceptors (Lipinski definition) is 5. The minimum Gasteiger partial charge on any atom is -0.348 e. The van der Waals surface area contributed by atoms with Gasteiger partial charge in [-0.05, 0) is 62.2 Å². The van der Waals surface area contributed by atoms with E-state index in [9.17, 15) is 17.6 Å². The van der Waals surface area contributed by atoms with Gasteiger partial charge in [0.05, 0.1) is 21.7 Å². The average molecular weight is 519 g/mol. The van der Waals surface area contributed by atoms with Crippen LogP contribution in [-0.2, 0) is 10.0 Å². The molecule has 0 aliphatic carbocycles. The number of pyridine rings is 1. The predicted molar refractivity (Wildman–Crippen MR) is 129 cm³/mol. The van der Waals surface area contributed by atoms with Crippen LogP contribution in [0.25, 0.3) is 22.2 Å². The summed E-state index contributed by atoms with van der Waals surface area (Å²) in [5.74, 6) is -2.46. The smallest absolute Gasteiger partial charge is 0.251 e. The van der Waals surface area contributed by atoms with Gasteiger partial charge >= 0.3 is 0 Å². The van der Waals surface area contributed by atoms with Gasteiger partial charge in [0, 0.05) is 36.6 Å². The lowest BCUT2D eigenvalue weighted by atomic mass is 10.0. The summed E-state index contributed by atoms with van der Waals surface area (Å²) in [5, 5.41) is 6.85. The average Bonchev–Trinajstić information content (AvgIpc) is 3.50. The third-order valence-electron chi connectivity index (χ3n) is 6.68. The van der Waals surface area contributed by atoms with E-state index in [1.165, 1.54) is 6.07 Å². The first-order valence-electron chi connectivity index (χ1n) is 11.7. The zero-order valence-electron chi connectivity index (χ0n) is 19.5. The fourth-order valence-corrected chi connectivity index (χ4v) is 6.22. The van der Waals surface area contributed by atoms with Crippen molar-refractivity contribution in [3.05, 3.63) is 59.2 Å². The standard InChI is InChI=1S/C25H25F3N4O3S/c1-14-8-23(31-22-9-15(2-3-19(14)22)25(33)30-17-4-6-29-12-17)24-20(27)10-18(11-21(24)28)36(34,35)32-7-5-16(26)13-32/h2-3,8-11,16-17,29H,4-7,12-13H2,1H3,(H,30,33)/t16-,17?/m0/s1. The molecule has 7 nitrogen and oxygen atoms in total. The fraction of sp³-hybridized carbons (Fsp3) is 0.360. The Kier molecular flexibility index (Phi) is 6.48. The van der Waals surface area contributed by atoms with Crippen molar-refractivity contribution in [2.75, 3.05) is 26.2 Å². The number of aryl methyl sites for hydroxylation is 1. The van der Waals surface area contributed by atoms with E-state index in [1.807, 2.05) is 0 Å². The lowest BCUT2D eigenvalue weighted by molar-refractivity contribution is 0.0940. The van der Waals surface area contributed by atoms with Crippen molar-refractivity contribution in [2.45, 2.75) is 36.9 Å². The molecule has 2 atom stereocenters. The molecule has 11 heteroatoms. The first-order chi connectivity index (χ1) is 17.1. The Morgan fingerprint density at radius 1 is 1.14 bits per heavy atom. The van der Waals surface area contributed by atoms with Crippen molar-refractivity contribution in [3.63, 3.8) is 0 Å². The fourth-order valence-electron chi connectivity index (χ4n) is 4.72. The number of carbonyl (C=O) groups excluding carboxylic acids is 1. The number of benzene rings is 2. The molecule has 3 heterocycles. The number of rotatable bonds is 5. The zero-order chi connectivity index (χ0) is 25.6. The van der Waals surface area contributed by atoms with E-state index < -0.39 is 38.3 Å². The molecule has 1 unspecified atom stereocenters. The molecule has 2 aliphatic rings. The predicted octanol–water partition coefficient (Wildman–Crippen LogP) is 3.31. The van der Waals surface area contributed by atoms with E-state index in [0.717, 1.165) is 29.4 Å². The van der Waals surface area contributed by atoms with Gasteiger partial charge in [0.25, 0.3) is 5.91 Å². The van der Waals surface area contributed by atoms with Crippen LogP contribution in [0.2, 0.25) is 0 Å². The molecule has 0 saturated carbocycles. The highest BCUT2D eigenvalue weighted by molar-refractivity contribution is 7.89. The maximum atomic E-state index is 15.2. The Labute approximate surface area is 206 Å². The second kappa shape index (κ2) is 9.45. The summed E-state index contributed by atoms with van der Waals surface area (Å²) in [6.07, 6.45) is -0.433. The van der Waals surface area contributed by atoms with E-state index in [1.54, 1.807) is 25.1 Å². The molecule has 2 fully saturated rings. The maximum absolute atomic E-state index is 15.2. The normalized spacial score (nSPS) is 20.8. The third-order valence-corrected chi connectivity index (χ3v) is 8.52. The number of amides is 1. The number of fused-ring (bicyclic) bond motifs is 1. The minimum absolute atomic E-state index is 0.0264.